The molecule has 186 valence electrons. The van der Waals surface area contributed by atoms with E-state index in [1.807, 2.05) is 6.07 Å². The van der Waals surface area contributed by atoms with Crippen molar-refractivity contribution in [2.75, 3.05) is 17.2 Å². The first-order valence-electron chi connectivity index (χ1n) is 11.3. The zero-order chi connectivity index (χ0) is 25.8. The third-order valence-corrected chi connectivity index (χ3v) is 5.80. The Labute approximate surface area is 215 Å². The summed E-state index contributed by atoms with van der Waals surface area (Å²) in [5.41, 5.74) is 1.14. The van der Waals surface area contributed by atoms with Crippen molar-refractivity contribution in [3.8, 4) is 11.8 Å². The van der Waals surface area contributed by atoms with E-state index in [0.717, 1.165) is 6.42 Å². The SMILES string of the molecule is N#C/C(=C\c1ccco1)C(=O)Nc1cc2c(Nc3ccc(F)c(Cl)c3)ncnc2cc1O[C@H]1CCCO1. The number of nitrogens with zero attached hydrogens (tertiary/aromatic N) is 3. The third-order valence-electron chi connectivity index (χ3n) is 5.51. The van der Waals surface area contributed by atoms with Crippen LogP contribution in [0.4, 0.5) is 21.6 Å². The molecule has 1 atom stereocenters. The van der Waals surface area contributed by atoms with Crippen molar-refractivity contribution in [3.63, 3.8) is 0 Å². The maximum absolute atomic E-state index is 13.6. The van der Waals surface area contributed by atoms with Crippen LogP contribution in [0.25, 0.3) is 17.0 Å². The minimum atomic E-state index is -0.660. The molecule has 3 heterocycles. The fraction of sp³-hybridized carbons (Fsp3) is 0.154. The van der Waals surface area contributed by atoms with Gasteiger partial charge in [0.2, 0.25) is 0 Å². The predicted molar refractivity (Wildman–Crippen MR) is 135 cm³/mol. The number of anilines is 3. The van der Waals surface area contributed by atoms with E-state index in [1.165, 1.54) is 36.9 Å². The van der Waals surface area contributed by atoms with Crippen LogP contribution in [-0.4, -0.2) is 28.8 Å². The van der Waals surface area contributed by atoms with Crippen molar-refractivity contribution in [2.24, 2.45) is 0 Å². The number of rotatable bonds is 7. The van der Waals surface area contributed by atoms with Gasteiger partial charge in [0, 0.05) is 29.6 Å². The highest BCUT2D eigenvalue weighted by atomic mass is 35.5. The minimum Gasteiger partial charge on any atom is -0.465 e. The van der Waals surface area contributed by atoms with Crippen molar-refractivity contribution in [2.45, 2.75) is 19.1 Å². The number of ether oxygens (including phenoxy) is 2. The lowest BCUT2D eigenvalue weighted by atomic mass is 10.1. The Kier molecular flexibility index (Phi) is 6.98. The fourth-order valence-electron chi connectivity index (χ4n) is 3.73. The Balaban J connectivity index is 1.53. The summed E-state index contributed by atoms with van der Waals surface area (Å²) in [5.74, 6) is -0.140. The number of nitriles is 1. The number of hydrogen-bond acceptors (Lipinski definition) is 8. The van der Waals surface area contributed by atoms with Gasteiger partial charge in [-0.15, -0.1) is 0 Å². The van der Waals surface area contributed by atoms with E-state index in [2.05, 4.69) is 20.6 Å². The first-order chi connectivity index (χ1) is 18.0. The lowest BCUT2D eigenvalue weighted by Crippen LogP contribution is -2.18. The summed E-state index contributed by atoms with van der Waals surface area (Å²) in [6, 6.07) is 12.6. The smallest absolute Gasteiger partial charge is 0.266 e. The van der Waals surface area contributed by atoms with Gasteiger partial charge in [-0.2, -0.15) is 5.26 Å². The molecule has 0 unspecified atom stereocenters. The van der Waals surface area contributed by atoms with Crippen molar-refractivity contribution >= 4 is 51.7 Å². The summed E-state index contributed by atoms with van der Waals surface area (Å²) in [7, 11) is 0. The molecule has 1 aliphatic rings. The molecule has 0 spiro atoms. The number of amides is 1. The molecule has 37 heavy (non-hydrogen) atoms. The summed E-state index contributed by atoms with van der Waals surface area (Å²) >= 11 is 5.91. The van der Waals surface area contributed by atoms with Crippen LogP contribution in [0.2, 0.25) is 5.02 Å². The zero-order valence-corrected chi connectivity index (χ0v) is 20.0. The molecule has 2 aromatic heterocycles. The summed E-state index contributed by atoms with van der Waals surface area (Å²) in [6.07, 6.45) is 5.20. The number of fused-ring (bicyclic) bond motifs is 1. The van der Waals surface area contributed by atoms with Gasteiger partial charge < -0.3 is 24.5 Å². The molecule has 11 heteroatoms. The van der Waals surface area contributed by atoms with E-state index in [0.29, 0.717) is 46.9 Å². The average molecular weight is 520 g/mol. The molecule has 1 fully saturated rings. The molecule has 1 aliphatic heterocycles. The molecule has 1 amide bonds. The average Bonchev–Trinajstić information content (AvgIpc) is 3.60. The van der Waals surface area contributed by atoms with Crippen molar-refractivity contribution in [1.82, 2.24) is 9.97 Å². The number of nitrogens with one attached hydrogen (secondary N) is 2. The van der Waals surface area contributed by atoms with Gasteiger partial charge in [0.25, 0.3) is 5.91 Å². The Bertz CT molecular complexity index is 1530. The van der Waals surface area contributed by atoms with E-state index >= 15 is 0 Å². The van der Waals surface area contributed by atoms with Crippen LogP contribution in [0, 0.1) is 17.1 Å². The number of hydrogen-bond donors (Lipinski definition) is 2. The minimum absolute atomic E-state index is 0.0454. The summed E-state index contributed by atoms with van der Waals surface area (Å²) in [4.78, 5) is 21.6. The lowest BCUT2D eigenvalue weighted by molar-refractivity contribution is -0.112. The van der Waals surface area contributed by atoms with Gasteiger partial charge in [0.15, 0.2) is 6.29 Å². The molecule has 5 rings (SSSR count). The topological polar surface area (TPSA) is 122 Å². The van der Waals surface area contributed by atoms with Crippen LogP contribution in [0.3, 0.4) is 0 Å². The Morgan fingerprint density at radius 3 is 2.89 bits per heavy atom. The highest BCUT2D eigenvalue weighted by Crippen LogP contribution is 2.35. The highest BCUT2D eigenvalue weighted by molar-refractivity contribution is 6.31. The van der Waals surface area contributed by atoms with Crippen molar-refractivity contribution in [3.05, 3.63) is 77.2 Å². The Hall–Kier alpha value is -4.46. The van der Waals surface area contributed by atoms with Gasteiger partial charge in [0.1, 0.15) is 41.1 Å². The second kappa shape index (κ2) is 10.7. The molecule has 1 saturated heterocycles. The predicted octanol–water partition coefficient (Wildman–Crippen LogP) is 5.82. The largest absolute Gasteiger partial charge is 0.465 e. The van der Waals surface area contributed by atoms with Gasteiger partial charge in [-0.25, -0.2) is 14.4 Å². The van der Waals surface area contributed by atoms with E-state index in [-0.39, 0.29) is 16.3 Å². The molecule has 2 N–H and O–H groups in total. The first kappa shape index (κ1) is 24.2. The Morgan fingerprint density at radius 2 is 2.16 bits per heavy atom. The number of carbonyl (C=O) groups is 1. The Morgan fingerprint density at radius 1 is 1.27 bits per heavy atom. The molecule has 2 aromatic carbocycles. The van der Waals surface area contributed by atoms with E-state index < -0.39 is 18.0 Å². The van der Waals surface area contributed by atoms with Gasteiger partial charge in [-0.1, -0.05) is 11.6 Å². The molecular formula is C26H19ClFN5O4. The highest BCUT2D eigenvalue weighted by Gasteiger charge is 2.22. The van der Waals surface area contributed by atoms with Gasteiger partial charge in [-0.05, 0) is 42.8 Å². The maximum atomic E-state index is 13.6. The number of benzene rings is 2. The van der Waals surface area contributed by atoms with Crippen molar-refractivity contribution < 1.29 is 23.1 Å². The van der Waals surface area contributed by atoms with Crippen LogP contribution >= 0.6 is 11.6 Å². The summed E-state index contributed by atoms with van der Waals surface area (Å²) in [5, 5.41) is 15.9. The van der Waals surface area contributed by atoms with E-state index in [1.54, 1.807) is 24.3 Å². The number of furan rings is 1. The molecular weight excluding hydrogens is 501 g/mol. The maximum Gasteiger partial charge on any atom is 0.266 e. The van der Waals surface area contributed by atoms with Gasteiger partial charge in [-0.3, -0.25) is 4.79 Å². The van der Waals surface area contributed by atoms with E-state index in [4.69, 9.17) is 25.5 Å². The van der Waals surface area contributed by atoms with Crippen LogP contribution in [0.1, 0.15) is 18.6 Å². The number of halogens is 2. The quantitative estimate of drug-likeness (QED) is 0.231. The molecule has 0 bridgehead atoms. The molecule has 4 aromatic rings. The second-order valence-corrected chi connectivity index (χ2v) is 8.45. The van der Waals surface area contributed by atoms with Crippen LogP contribution in [-0.2, 0) is 9.53 Å². The fourth-order valence-corrected chi connectivity index (χ4v) is 3.91. The molecule has 0 radical (unpaired) electrons. The monoisotopic (exact) mass is 519 g/mol. The van der Waals surface area contributed by atoms with Crippen molar-refractivity contribution in [1.29, 1.82) is 5.26 Å². The summed E-state index contributed by atoms with van der Waals surface area (Å²) < 4.78 is 30.4. The second-order valence-electron chi connectivity index (χ2n) is 8.04. The van der Waals surface area contributed by atoms with Crippen LogP contribution < -0.4 is 15.4 Å². The van der Waals surface area contributed by atoms with E-state index in [9.17, 15) is 14.4 Å². The normalized spacial score (nSPS) is 15.4. The molecule has 9 nitrogen and oxygen atoms in total. The molecule has 0 aliphatic carbocycles. The number of carbonyl (C=O) groups excluding carboxylic acids is 1. The van der Waals surface area contributed by atoms with Crippen LogP contribution in [0.5, 0.6) is 5.75 Å². The first-order valence-corrected chi connectivity index (χ1v) is 11.6. The third kappa shape index (κ3) is 5.53. The standard InChI is InChI=1S/C26H19ClFN5O4/c27-19-10-16(5-6-20(19)28)32-25-18-11-22(33-26(34)15(13-29)9-17-3-1-7-35-17)23(12-21(18)30-14-31-25)37-24-4-2-8-36-24/h1,3,5-7,9-12,14,24H,2,4,8H2,(H,33,34)(H,30,31,32)/b15-9+/t24-/m0/s1. The van der Waals surface area contributed by atoms with Gasteiger partial charge in [0.05, 0.1) is 29.1 Å². The van der Waals surface area contributed by atoms with Crippen LogP contribution in [0.15, 0.2) is 65.0 Å². The summed E-state index contributed by atoms with van der Waals surface area (Å²) in [6.45, 7) is 0.570. The molecule has 0 saturated carbocycles. The number of aromatic nitrogens is 2. The van der Waals surface area contributed by atoms with Gasteiger partial charge >= 0.3 is 0 Å². The zero-order valence-electron chi connectivity index (χ0n) is 19.2. The lowest BCUT2D eigenvalue weighted by Gasteiger charge is -2.18.